The second kappa shape index (κ2) is 8.89. The fraction of sp³-hybridized carbons (Fsp3) is 0.222. The zero-order valence-corrected chi connectivity index (χ0v) is 16.0. The molecule has 0 aliphatic carbocycles. The van der Waals surface area contributed by atoms with Gasteiger partial charge < -0.3 is 0 Å². The van der Waals surface area contributed by atoms with Crippen LogP contribution < -0.4 is 10.9 Å². The number of hydrogen-bond acceptors (Lipinski definition) is 4. The van der Waals surface area contributed by atoms with Crippen molar-refractivity contribution in [2.24, 2.45) is 0 Å². The minimum Gasteiger partial charge on any atom is -0.267 e. The highest BCUT2D eigenvalue weighted by atomic mass is 32.2. The van der Waals surface area contributed by atoms with E-state index < -0.39 is 39.0 Å². The van der Waals surface area contributed by atoms with Crippen molar-refractivity contribution in [3.63, 3.8) is 0 Å². The molecule has 0 unspecified atom stereocenters. The van der Waals surface area contributed by atoms with Gasteiger partial charge >= 0.3 is 0 Å². The Balaban J connectivity index is 2.19. The molecule has 7 nitrogen and oxygen atoms in total. The average molecular weight is 411 g/mol. The molecule has 0 fully saturated rings. The van der Waals surface area contributed by atoms with E-state index in [0.717, 1.165) is 34.6 Å². The van der Waals surface area contributed by atoms with Gasteiger partial charge in [0.2, 0.25) is 10.0 Å². The van der Waals surface area contributed by atoms with Gasteiger partial charge in [-0.25, -0.2) is 17.2 Å². The highest BCUT2D eigenvalue weighted by Gasteiger charge is 2.24. The molecule has 0 bridgehead atoms. The summed E-state index contributed by atoms with van der Waals surface area (Å²) in [6, 6.07) is 7.38. The van der Waals surface area contributed by atoms with Crippen LogP contribution in [0.2, 0.25) is 0 Å². The van der Waals surface area contributed by atoms with Crippen molar-refractivity contribution in [3.8, 4) is 0 Å². The van der Waals surface area contributed by atoms with E-state index in [4.69, 9.17) is 0 Å². The Bertz CT molecular complexity index is 975. The lowest BCUT2D eigenvalue weighted by Crippen LogP contribution is -2.42. The van der Waals surface area contributed by atoms with Gasteiger partial charge in [0, 0.05) is 18.7 Å². The lowest BCUT2D eigenvalue weighted by molar-refractivity contribution is 0.0844. The molecule has 2 amide bonds. The largest absolute Gasteiger partial charge is 0.272 e. The standard InChI is InChI=1S/C18H19F2N3O4S/c1-3-23(4-2)28(26,27)14-9-10-16(20)15(11-14)18(25)22-21-17(24)12-5-7-13(19)8-6-12/h5-11H,3-4H2,1-2H3,(H,21,24)(H,22,25). The van der Waals surface area contributed by atoms with Gasteiger partial charge in [-0.05, 0) is 42.5 Å². The van der Waals surface area contributed by atoms with Gasteiger partial charge in [0.05, 0.1) is 10.5 Å². The quantitative estimate of drug-likeness (QED) is 0.712. The molecule has 0 heterocycles. The third-order valence-corrected chi connectivity index (χ3v) is 5.97. The number of hydrazine groups is 1. The van der Waals surface area contributed by atoms with Gasteiger partial charge in [-0.1, -0.05) is 13.8 Å². The van der Waals surface area contributed by atoms with Crippen LogP contribution in [0.4, 0.5) is 8.78 Å². The molecule has 150 valence electrons. The van der Waals surface area contributed by atoms with Crippen molar-refractivity contribution in [2.45, 2.75) is 18.7 Å². The first-order valence-corrected chi connectivity index (χ1v) is 9.80. The number of carbonyl (C=O) groups excluding carboxylic acids is 2. The summed E-state index contributed by atoms with van der Waals surface area (Å²) in [6.45, 7) is 3.74. The summed E-state index contributed by atoms with van der Waals surface area (Å²) in [5.41, 5.74) is 3.59. The molecule has 2 rings (SSSR count). The number of halogens is 2. The molecule has 0 spiro atoms. The molecule has 10 heteroatoms. The third kappa shape index (κ3) is 4.70. The zero-order chi connectivity index (χ0) is 20.9. The predicted octanol–water partition coefficient (Wildman–Crippen LogP) is 2.07. The number of amides is 2. The molecule has 0 aromatic heterocycles. The van der Waals surface area contributed by atoms with Gasteiger partial charge in [-0.15, -0.1) is 0 Å². The van der Waals surface area contributed by atoms with Crippen LogP contribution in [0, 0.1) is 11.6 Å². The Hall–Kier alpha value is -2.85. The summed E-state index contributed by atoms with van der Waals surface area (Å²) >= 11 is 0. The van der Waals surface area contributed by atoms with Crippen LogP contribution >= 0.6 is 0 Å². The summed E-state index contributed by atoms with van der Waals surface area (Å²) in [7, 11) is -3.89. The molecule has 0 aliphatic heterocycles. The summed E-state index contributed by atoms with van der Waals surface area (Å²) in [4.78, 5) is 23.9. The maximum atomic E-state index is 14.0. The third-order valence-electron chi connectivity index (χ3n) is 3.92. The molecule has 2 aromatic carbocycles. The second-order valence-electron chi connectivity index (χ2n) is 5.65. The second-order valence-corrected chi connectivity index (χ2v) is 7.58. The summed E-state index contributed by atoms with van der Waals surface area (Å²) in [5, 5.41) is 0. The Morgan fingerprint density at radius 1 is 0.929 bits per heavy atom. The SMILES string of the molecule is CCN(CC)S(=O)(=O)c1ccc(F)c(C(=O)NNC(=O)c2ccc(F)cc2)c1. The van der Waals surface area contributed by atoms with Gasteiger partial charge in [0.25, 0.3) is 11.8 Å². The topological polar surface area (TPSA) is 95.6 Å². The van der Waals surface area contributed by atoms with Crippen LogP contribution in [-0.2, 0) is 10.0 Å². The van der Waals surface area contributed by atoms with Crippen molar-refractivity contribution in [2.75, 3.05) is 13.1 Å². The van der Waals surface area contributed by atoms with Gasteiger partial charge in [-0.2, -0.15) is 4.31 Å². The molecule has 2 N–H and O–H groups in total. The lowest BCUT2D eigenvalue weighted by Gasteiger charge is -2.19. The first-order chi connectivity index (χ1) is 13.2. The van der Waals surface area contributed by atoms with Gasteiger partial charge in [0.1, 0.15) is 11.6 Å². The maximum absolute atomic E-state index is 14.0. The molecule has 28 heavy (non-hydrogen) atoms. The smallest absolute Gasteiger partial charge is 0.267 e. The van der Waals surface area contributed by atoms with Crippen molar-refractivity contribution < 1.29 is 26.8 Å². The van der Waals surface area contributed by atoms with Crippen molar-refractivity contribution in [1.29, 1.82) is 0 Å². The van der Waals surface area contributed by atoms with Crippen LogP contribution in [0.25, 0.3) is 0 Å². The van der Waals surface area contributed by atoms with Crippen molar-refractivity contribution in [3.05, 3.63) is 65.2 Å². The predicted molar refractivity (Wildman–Crippen MR) is 97.8 cm³/mol. The molecular formula is C18H19F2N3O4S. The number of sulfonamides is 1. The molecule has 0 saturated heterocycles. The summed E-state index contributed by atoms with van der Waals surface area (Å²) < 4.78 is 53.1. The Morgan fingerprint density at radius 3 is 2.07 bits per heavy atom. The summed E-state index contributed by atoms with van der Waals surface area (Å²) in [5.74, 6) is -3.27. The molecular weight excluding hydrogens is 392 g/mol. The number of nitrogens with zero attached hydrogens (tertiary/aromatic N) is 1. The van der Waals surface area contributed by atoms with E-state index >= 15 is 0 Å². The minimum atomic E-state index is -3.89. The van der Waals surface area contributed by atoms with Gasteiger partial charge in [0.15, 0.2) is 0 Å². The van der Waals surface area contributed by atoms with E-state index in [1.54, 1.807) is 13.8 Å². The number of hydrogen-bond donors (Lipinski definition) is 2. The van der Waals surface area contributed by atoms with Crippen LogP contribution in [0.3, 0.4) is 0 Å². The first kappa shape index (κ1) is 21.5. The fourth-order valence-electron chi connectivity index (χ4n) is 2.41. The van der Waals surface area contributed by atoms with Crippen LogP contribution in [-0.4, -0.2) is 37.6 Å². The van der Waals surface area contributed by atoms with E-state index in [2.05, 4.69) is 5.43 Å². The van der Waals surface area contributed by atoms with E-state index in [1.807, 2.05) is 5.43 Å². The Labute approximate surface area is 161 Å². The lowest BCUT2D eigenvalue weighted by atomic mass is 10.2. The van der Waals surface area contributed by atoms with E-state index in [0.29, 0.717) is 0 Å². The Morgan fingerprint density at radius 2 is 1.50 bits per heavy atom. The number of carbonyl (C=O) groups is 2. The van der Waals surface area contributed by atoms with Gasteiger partial charge in [-0.3, -0.25) is 20.4 Å². The number of nitrogens with one attached hydrogen (secondary N) is 2. The normalized spacial score (nSPS) is 11.3. The van der Waals surface area contributed by atoms with Crippen LogP contribution in [0.15, 0.2) is 47.4 Å². The fourth-order valence-corrected chi connectivity index (χ4v) is 3.89. The van der Waals surface area contributed by atoms with Crippen LogP contribution in [0.1, 0.15) is 34.6 Å². The van der Waals surface area contributed by atoms with Crippen molar-refractivity contribution >= 4 is 21.8 Å². The van der Waals surface area contributed by atoms with Crippen LogP contribution in [0.5, 0.6) is 0 Å². The molecule has 0 aliphatic rings. The molecule has 2 aromatic rings. The van der Waals surface area contributed by atoms with E-state index in [9.17, 15) is 26.8 Å². The minimum absolute atomic E-state index is 0.0695. The van der Waals surface area contributed by atoms with Crippen molar-refractivity contribution in [1.82, 2.24) is 15.2 Å². The Kier molecular flexibility index (Phi) is 6.81. The summed E-state index contributed by atoms with van der Waals surface area (Å²) in [6.07, 6.45) is 0. The highest BCUT2D eigenvalue weighted by Crippen LogP contribution is 2.19. The highest BCUT2D eigenvalue weighted by molar-refractivity contribution is 7.89. The first-order valence-electron chi connectivity index (χ1n) is 8.36. The average Bonchev–Trinajstić information content (AvgIpc) is 2.67. The molecule has 0 saturated carbocycles. The zero-order valence-electron chi connectivity index (χ0n) is 15.2. The number of benzene rings is 2. The monoisotopic (exact) mass is 411 g/mol. The molecule has 0 radical (unpaired) electrons. The maximum Gasteiger partial charge on any atom is 0.272 e. The van der Waals surface area contributed by atoms with E-state index in [1.165, 1.54) is 12.1 Å². The molecule has 0 atom stereocenters. The van der Waals surface area contributed by atoms with E-state index in [-0.39, 0.29) is 23.5 Å². The number of rotatable bonds is 6.